The molecule has 2 nitrogen and oxygen atoms in total. The zero-order valence-corrected chi connectivity index (χ0v) is 16.9. The minimum atomic E-state index is -0.368. The van der Waals surface area contributed by atoms with Crippen LogP contribution in [0.4, 0.5) is 8.78 Å². The average Bonchev–Trinajstić information content (AvgIpc) is 3.06. The molecule has 0 saturated heterocycles. The smallest absolute Gasteiger partial charge is 0.149 e. The lowest BCUT2D eigenvalue weighted by atomic mass is 9.93. The van der Waals surface area contributed by atoms with E-state index in [-0.39, 0.29) is 11.6 Å². The summed E-state index contributed by atoms with van der Waals surface area (Å²) >= 11 is 0. The van der Waals surface area contributed by atoms with Gasteiger partial charge in [-0.2, -0.15) is 0 Å². The number of nitrogens with zero attached hydrogens (tertiary/aromatic N) is 1. The van der Waals surface area contributed by atoms with E-state index in [1.807, 2.05) is 39.0 Å². The van der Waals surface area contributed by atoms with Crippen molar-refractivity contribution in [2.24, 2.45) is 0 Å². The molecule has 0 bridgehead atoms. The summed E-state index contributed by atoms with van der Waals surface area (Å²) in [7, 11) is 0. The average molecular weight is 399 g/mol. The van der Waals surface area contributed by atoms with Crippen LogP contribution < -0.4 is 0 Å². The van der Waals surface area contributed by atoms with Crippen LogP contribution in [0.3, 0.4) is 0 Å². The Bertz CT molecular complexity index is 1430. The molecule has 0 aliphatic carbocycles. The lowest BCUT2D eigenvalue weighted by molar-refractivity contribution is 0.618. The molecule has 30 heavy (non-hydrogen) atoms. The van der Waals surface area contributed by atoms with E-state index < -0.39 is 0 Å². The molecule has 0 N–H and O–H groups in total. The van der Waals surface area contributed by atoms with Gasteiger partial charge in [0.25, 0.3) is 0 Å². The van der Waals surface area contributed by atoms with Gasteiger partial charge in [-0.05, 0) is 61.7 Å². The van der Waals surface area contributed by atoms with E-state index in [4.69, 9.17) is 4.42 Å². The third kappa shape index (κ3) is 2.88. The van der Waals surface area contributed by atoms with Crippen LogP contribution in [0.5, 0.6) is 0 Å². The van der Waals surface area contributed by atoms with E-state index in [9.17, 15) is 8.78 Å². The van der Waals surface area contributed by atoms with Crippen LogP contribution in [-0.2, 0) is 0 Å². The van der Waals surface area contributed by atoms with Crippen LogP contribution in [0.2, 0.25) is 0 Å². The van der Waals surface area contributed by atoms with E-state index in [0.717, 1.165) is 38.6 Å². The van der Waals surface area contributed by atoms with Crippen molar-refractivity contribution < 1.29 is 13.2 Å². The van der Waals surface area contributed by atoms with Crippen LogP contribution in [0.25, 0.3) is 44.3 Å². The highest BCUT2D eigenvalue weighted by molar-refractivity contribution is 6.09. The molecule has 0 spiro atoms. The van der Waals surface area contributed by atoms with E-state index in [1.54, 1.807) is 12.1 Å². The predicted molar refractivity (Wildman–Crippen MR) is 117 cm³/mol. The van der Waals surface area contributed by atoms with E-state index >= 15 is 0 Å². The number of hydrogen-bond donors (Lipinski definition) is 0. The molecule has 0 aliphatic heterocycles. The maximum absolute atomic E-state index is 14.8. The van der Waals surface area contributed by atoms with Crippen LogP contribution >= 0.6 is 0 Å². The van der Waals surface area contributed by atoms with Crippen LogP contribution in [0.1, 0.15) is 16.7 Å². The molecule has 2 aromatic heterocycles. The van der Waals surface area contributed by atoms with Gasteiger partial charge in [0.1, 0.15) is 22.8 Å². The molecule has 2 heterocycles. The number of hydrogen-bond acceptors (Lipinski definition) is 2. The monoisotopic (exact) mass is 399 g/mol. The fourth-order valence-corrected chi connectivity index (χ4v) is 4.36. The first-order chi connectivity index (χ1) is 14.4. The second kappa shape index (κ2) is 6.77. The largest absolute Gasteiger partial charge is 0.455 e. The molecule has 0 saturated carbocycles. The van der Waals surface area contributed by atoms with Crippen molar-refractivity contribution in [3.05, 3.63) is 89.1 Å². The number of fused-ring (bicyclic) bond motifs is 3. The Kier molecular flexibility index (Phi) is 4.17. The molecule has 4 heteroatoms. The quantitative estimate of drug-likeness (QED) is 0.307. The standard InChI is InChI=1S/C26H19F2NO/c1-14-9-15(2)25(16(3)10-14)21-12-23(29-13-22(21)28)20-6-4-5-19-18-8-7-17(27)11-24(18)30-26(19)20/h4-13H,1-3H3. The van der Waals surface area contributed by atoms with E-state index in [2.05, 4.69) is 17.1 Å². The third-order valence-corrected chi connectivity index (χ3v) is 5.54. The normalized spacial score (nSPS) is 11.5. The second-order valence-electron chi connectivity index (χ2n) is 7.75. The zero-order chi connectivity index (χ0) is 21.0. The van der Waals surface area contributed by atoms with Gasteiger partial charge in [0.05, 0.1) is 11.9 Å². The molecule has 0 atom stereocenters. The third-order valence-electron chi connectivity index (χ3n) is 5.54. The number of aromatic nitrogens is 1. The number of furan rings is 1. The van der Waals surface area contributed by atoms with Crippen LogP contribution in [0, 0.1) is 32.4 Å². The lowest BCUT2D eigenvalue weighted by Gasteiger charge is -2.13. The Balaban J connectivity index is 1.76. The lowest BCUT2D eigenvalue weighted by Crippen LogP contribution is -1.95. The van der Waals surface area contributed by atoms with Gasteiger partial charge < -0.3 is 4.42 Å². The van der Waals surface area contributed by atoms with Crippen molar-refractivity contribution in [2.45, 2.75) is 20.8 Å². The molecule has 5 aromatic rings. The first-order valence-electron chi connectivity index (χ1n) is 9.77. The van der Waals surface area contributed by atoms with Gasteiger partial charge in [-0.25, -0.2) is 8.78 Å². The molecule has 0 unspecified atom stereocenters. The summed E-state index contributed by atoms with van der Waals surface area (Å²) in [6.07, 6.45) is 1.25. The zero-order valence-electron chi connectivity index (χ0n) is 16.9. The van der Waals surface area contributed by atoms with Gasteiger partial charge in [-0.15, -0.1) is 0 Å². The second-order valence-corrected chi connectivity index (χ2v) is 7.75. The SMILES string of the molecule is Cc1cc(C)c(-c2cc(-c3cccc4c3oc3cc(F)ccc34)ncc2F)c(C)c1. The Morgan fingerprint density at radius 3 is 2.33 bits per heavy atom. The van der Waals surface area contributed by atoms with Crippen molar-refractivity contribution in [1.82, 2.24) is 4.98 Å². The summed E-state index contributed by atoms with van der Waals surface area (Å²) in [5.74, 6) is -0.719. The Hall–Kier alpha value is -3.53. The summed E-state index contributed by atoms with van der Waals surface area (Å²) in [4.78, 5) is 4.34. The van der Waals surface area contributed by atoms with E-state index in [0.29, 0.717) is 22.4 Å². The molecule has 0 aliphatic rings. The van der Waals surface area contributed by atoms with Gasteiger partial charge in [-0.1, -0.05) is 29.8 Å². The molecule has 0 amide bonds. The summed E-state index contributed by atoms with van der Waals surface area (Å²) in [6, 6.07) is 16.1. The van der Waals surface area contributed by atoms with Crippen molar-refractivity contribution in [3.63, 3.8) is 0 Å². The van der Waals surface area contributed by atoms with Crippen molar-refractivity contribution in [1.29, 1.82) is 0 Å². The summed E-state index contributed by atoms with van der Waals surface area (Å²) in [6.45, 7) is 6.01. The maximum atomic E-state index is 14.8. The van der Waals surface area contributed by atoms with Crippen LogP contribution in [0.15, 0.2) is 65.2 Å². The van der Waals surface area contributed by atoms with Crippen LogP contribution in [-0.4, -0.2) is 4.98 Å². The highest BCUT2D eigenvalue weighted by atomic mass is 19.1. The number of pyridine rings is 1. The summed E-state index contributed by atoms with van der Waals surface area (Å²) in [5, 5.41) is 1.71. The highest BCUT2D eigenvalue weighted by Gasteiger charge is 2.17. The van der Waals surface area contributed by atoms with Crippen molar-refractivity contribution >= 4 is 21.9 Å². The molecule has 5 rings (SSSR count). The minimum absolute atomic E-state index is 0.351. The molecule has 3 aromatic carbocycles. The molecule has 0 radical (unpaired) electrons. The first kappa shape index (κ1) is 18.5. The molecular formula is C26H19F2NO. The number of para-hydroxylation sites is 1. The number of halogens is 2. The molecule has 0 fully saturated rings. The number of rotatable bonds is 2. The fourth-order valence-electron chi connectivity index (χ4n) is 4.36. The topological polar surface area (TPSA) is 26.0 Å². The molecular weight excluding hydrogens is 380 g/mol. The summed E-state index contributed by atoms with van der Waals surface area (Å²) in [5.41, 5.74) is 6.99. The van der Waals surface area contributed by atoms with Crippen molar-refractivity contribution in [2.75, 3.05) is 0 Å². The number of aryl methyl sites for hydroxylation is 3. The highest BCUT2D eigenvalue weighted by Crippen LogP contribution is 2.38. The van der Waals surface area contributed by atoms with Gasteiger partial charge in [0.2, 0.25) is 0 Å². The van der Waals surface area contributed by atoms with E-state index in [1.165, 1.54) is 18.3 Å². The Morgan fingerprint density at radius 1 is 0.800 bits per heavy atom. The van der Waals surface area contributed by atoms with Gasteiger partial charge >= 0.3 is 0 Å². The maximum Gasteiger partial charge on any atom is 0.149 e. The first-order valence-corrected chi connectivity index (χ1v) is 9.77. The Morgan fingerprint density at radius 2 is 1.57 bits per heavy atom. The summed E-state index contributed by atoms with van der Waals surface area (Å²) < 4.78 is 34.5. The Labute approximate surface area is 172 Å². The fraction of sp³-hybridized carbons (Fsp3) is 0.115. The molecule has 148 valence electrons. The van der Waals surface area contributed by atoms with Crippen molar-refractivity contribution in [3.8, 4) is 22.4 Å². The minimum Gasteiger partial charge on any atom is -0.455 e. The number of benzene rings is 3. The predicted octanol–water partition coefficient (Wildman–Crippen LogP) is 7.52. The van der Waals surface area contributed by atoms with Gasteiger partial charge in [0, 0.05) is 28.0 Å². The van der Waals surface area contributed by atoms with Gasteiger partial charge in [0.15, 0.2) is 0 Å². The van der Waals surface area contributed by atoms with Gasteiger partial charge in [-0.3, -0.25) is 4.98 Å².